The normalized spacial score (nSPS) is 11.9. The quantitative estimate of drug-likeness (QED) is 0.763. The van der Waals surface area contributed by atoms with E-state index in [9.17, 15) is 4.39 Å². The Hall–Kier alpha value is -1.60. The van der Waals surface area contributed by atoms with E-state index in [0.717, 1.165) is 0 Å². The van der Waals surface area contributed by atoms with Crippen molar-refractivity contribution in [2.45, 2.75) is 13.0 Å². The van der Waals surface area contributed by atoms with Gasteiger partial charge in [-0.25, -0.2) is 4.39 Å². The third kappa shape index (κ3) is 3.04. The zero-order valence-electron chi connectivity index (χ0n) is 7.92. The molecule has 1 aromatic rings. The maximum absolute atomic E-state index is 12.9. The van der Waals surface area contributed by atoms with Crippen molar-refractivity contribution in [3.63, 3.8) is 0 Å². The van der Waals surface area contributed by atoms with Crippen LogP contribution in [0, 0.1) is 17.1 Å². The fourth-order valence-electron chi connectivity index (χ4n) is 1.04. The molecule has 0 bridgehead atoms. The summed E-state index contributed by atoms with van der Waals surface area (Å²) in [6.07, 6.45) is 0. The van der Waals surface area contributed by atoms with E-state index in [4.69, 9.17) is 11.0 Å². The first kappa shape index (κ1) is 10.5. The fourth-order valence-corrected chi connectivity index (χ4v) is 1.04. The van der Waals surface area contributed by atoms with E-state index in [2.05, 4.69) is 5.32 Å². The molecule has 0 heterocycles. The van der Waals surface area contributed by atoms with Gasteiger partial charge in [0, 0.05) is 18.3 Å². The predicted octanol–water partition coefficient (Wildman–Crippen LogP) is 1.46. The average molecular weight is 193 g/mol. The van der Waals surface area contributed by atoms with E-state index in [0.29, 0.717) is 17.8 Å². The highest BCUT2D eigenvalue weighted by atomic mass is 19.1. The Kier molecular flexibility index (Phi) is 3.43. The molecule has 1 unspecified atom stereocenters. The highest BCUT2D eigenvalue weighted by Crippen LogP contribution is 2.12. The summed E-state index contributed by atoms with van der Waals surface area (Å²) >= 11 is 0. The van der Waals surface area contributed by atoms with Gasteiger partial charge >= 0.3 is 0 Å². The fraction of sp³-hybridized carbons (Fsp3) is 0.300. The van der Waals surface area contributed by atoms with Gasteiger partial charge in [0.05, 0.1) is 11.6 Å². The second-order valence-corrected chi connectivity index (χ2v) is 3.20. The molecule has 1 aromatic carbocycles. The number of nitriles is 1. The first-order valence-corrected chi connectivity index (χ1v) is 4.32. The molecule has 74 valence electrons. The van der Waals surface area contributed by atoms with Gasteiger partial charge in [-0.05, 0) is 25.1 Å². The summed E-state index contributed by atoms with van der Waals surface area (Å²) in [6, 6.07) is 5.99. The minimum absolute atomic E-state index is 0.0104. The van der Waals surface area contributed by atoms with E-state index in [1.807, 2.05) is 13.0 Å². The second kappa shape index (κ2) is 4.58. The minimum Gasteiger partial charge on any atom is -0.383 e. The topological polar surface area (TPSA) is 61.8 Å². The molecule has 0 saturated heterocycles. The van der Waals surface area contributed by atoms with Crippen molar-refractivity contribution in [3.05, 3.63) is 29.6 Å². The van der Waals surface area contributed by atoms with E-state index in [1.165, 1.54) is 12.1 Å². The molecular weight excluding hydrogens is 181 g/mol. The molecule has 0 fully saturated rings. The number of nitrogens with zero attached hydrogens (tertiary/aromatic N) is 1. The highest BCUT2D eigenvalue weighted by molar-refractivity contribution is 5.49. The summed E-state index contributed by atoms with van der Waals surface area (Å²) in [7, 11) is 0. The standard InChI is InChI=1S/C10H12FN3/c1-7(13)6-14-10-3-8(5-12)2-9(11)4-10/h2-4,7,14H,6,13H2,1H3. The Labute approximate surface area is 82.3 Å². The smallest absolute Gasteiger partial charge is 0.126 e. The van der Waals surface area contributed by atoms with E-state index >= 15 is 0 Å². The number of nitrogens with two attached hydrogens (primary N) is 1. The summed E-state index contributed by atoms with van der Waals surface area (Å²) in [5, 5.41) is 11.5. The lowest BCUT2D eigenvalue weighted by Gasteiger charge is -2.09. The molecule has 0 amide bonds. The van der Waals surface area contributed by atoms with Gasteiger partial charge in [-0.2, -0.15) is 5.26 Å². The number of benzene rings is 1. The van der Waals surface area contributed by atoms with Crippen molar-refractivity contribution in [3.8, 4) is 6.07 Å². The lowest BCUT2D eigenvalue weighted by atomic mass is 10.2. The Morgan fingerprint density at radius 2 is 2.29 bits per heavy atom. The van der Waals surface area contributed by atoms with Gasteiger partial charge in [0.15, 0.2) is 0 Å². The third-order valence-corrected chi connectivity index (χ3v) is 1.66. The molecule has 0 aliphatic carbocycles. The number of hydrogen-bond donors (Lipinski definition) is 2. The van der Waals surface area contributed by atoms with Crippen molar-refractivity contribution in [1.82, 2.24) is 0 Å². The van der Waals surface area contributed by atoms with Gasteiger partial charge in [0.2, 0.25) is 0 Å². The summed E-state index contributed by atoms with van der Waals surface area (Å²) in [6.45, 7) is 2.39. The average Bonchev–Trinajstić information content (AvgIpc) is 2.14. The van der Waals surface area contributed by atoms with Crippen LogP contribution in [0.3, 0.4) is 0 Å². The Balaban J connectivity index is 2.78. The SMILES string of the molecule is CC(N)CNc1cc(F)cc(C#N)c1. The van der Waals surface area contributed by atoms with Crippen LogP contribution in [-0.4, -0.2) is 12.6 Å². The van der Waals surface area contributed by atoms with Gasteiger partial charge in [-0.3, -0.25) is 0 Å². The maximum Gasteiger partial charge on any atom is 0.126 e. The molecule has 3 nitrogen and oxygen atoms in total. The van der Waals surface area contributed by atoms with Crippen LogP contribution in [0.25, 0.3) is 0 Å². The van der Waals surface area contributed by atoms with Gasteiger partial charge in [0.25, 0.3) is 0 Å². The van der Waals surface area contributed by atoms with E-state index < -0.39 is 5.82 Å². The second-order valence-electron chi connectivity index (χ2n) is 3.20. The van der Waals surface area contributed by atoms with Gasteiger partial charge < -0.3 is 11.1 Å². The molecule has 3 N–H and O–H groups in total. The Morgan fingerprint density at radius 3 is 2.86 bits per heavy atom. The maximum atomic E-state index is 12.9. The number of anilines is 1. The highest BCUT2D eigenvalue weighted by Gasteiger charge is 2.00. The summed E-state index contributed by atoms with van der Waals surface area (Å²) in [5.41, 5.74) is 6.41. The number of rotatable bonds is 3. The molecule has 14 heavy (non-hydrogen) atoms. The largest absolute Gasteiger partial charge is 0.383 e. The Bertz CT molecular complexity index is 355. The van der Waals surface area contributed by atoms with Crippen molar-refractivity contribution in [2.75, 3.05) is 11.9 Å². The van der Waals surface area contributed by atoms with E-state index in [1.54, 1.807) is 6.07 Å². The minimum atomic E-state index is -0.420. The molecule has 0 spiro atoms. The van der Waals surface area contributed by atoms with Gasteiger partial charge in [-0.15, -0.1) is 0 Å². The summed E-state index contributed by atoms with van der Waals surface area (Å²) in [5.74, 6) is -0.420. The zero-order chi connectivity index (χ0) is 10.6. The van der Waals surface area contributed by atoms with Crippen molar-refractivity contribution in [2.24, 2.45) is 5.73 Å². The predicted molar refractivity (Wildman–Crippen MR) is 53.3 cm³/mol. The summed E-state index contributed by atoms with van der Waals surface area (Å²) < 4.78 is 12.9. The number of halogens is 1. The van der Waals surface area contributed by atoms with Gasteiger partial charge in [-0.1, -0.05) is 0 Å². The Morgan fingerprint density at radius 1 is 1.57 bits per heavy atom. The van der Waals surface area contributed by atoms with Crippen molar-refractivity contribution in [1.29, 1.82) is 5.26 Å². The van der Waals surface area contributed by atoms with Crippen LogP contribution < -0.4 is 11.1 Å². The van der Waals surface area contributed by atoms with Crippen LogP contribution in [0.4, 0.5) is 10.1 Å². The number of hydrogen-bond acceptors (Lipinski definition) is 3. The van der Waals surface area contributed by atoms with Crippen LogP contribution in [0.15, 0.2) is 18.2 Å². The third-order valence-electron chi connectivity index (χ3n) is 1.66. The first-order chi connectivity index (χ1) is 6.61. The molecule has 1 atom stereocenters. The van der Waals surface area contributed by atoms with Crippen LogP contribution in [-0.2, 0) is 0 Å². The molecule has 0 aliphatic rings. The lowest BCUT2D eigenvalue weighted by Crippen LogP contribution is -2.25. The lowest BCUT2D eigenvalue weighted by molar-refractivity contribution is 0.627. The van der Waals surface area contributed by atoms with Crippen LogP contribution in [0.5, 0.6) is 0 Å². The molecular formula is C10H12FN3. The van der Waals surface area contributed by atoms with Crippen LogP contribution >= 0.6 is 0 Å². The molecule has 0 aliphatic heterocycles. The van der Waals surface area contributed by atoms with E-state index in [-0.39, 0.29) is 6.04 Å². The first-order valence-electron chi connectivity index (χ1n) is 4.32. The zero-order valence-corrected chi connectivity index (χ0v) is 7.92. The molecule has 4 heteroatoms. The summed E-state index contributed by atoms with van der Waals surface area (Å²) in [4.78, 5) is 0. The molecule has 1 rings (SSSR count). The molecule has 0 saturated carbocycles. The van der Waals surface area contributed by atoms with Crippen LogP contribution in [0.1, 0.15) is 12.5 Å². The van der Waals surface area contributed by atoms with Crippen LogP contribution in [0.2, 0.25) is 0 Å². The van der Waals surface area contributed by atoms with Gasteiger partial charge in [0.1, 0.15) is 5.82 Å². The van der Waals surface area contributed by atoms with Crippen molar-refractivity contribution < 1.29 is 4.39 Å². The molecule has 0 radical (unpaired) electrons. The van der Waals surface area contributed by atoms with Crippen molar-refractivity contribution >= 4 is 5.69 Å². The number of nitrogens with one attached hydrogen (secondary N) is 1. The monoisotopic (exact) mass is 193 g/mol. The molecule has 0 aromatic heterocycles.